The van der Waals surface area contributed by atoms with Crippen LogP contribution in [0.4, 0.5) is 0 Å². The molecule has 0 N–H and O–H groups in total. The molecule has 0 aliphatic heterocycles. The maximum atomic E-state index is 11.6. The molecule has 8 aromatic rings. The molecule has 0 spiro atoms. The van der Waals surface area contributed by atoms with Crippen molar-refractivity contribution in [2.45, 2.75) is 486 Å². The smallest absolute Gasteiger partial charge is 0.124 e. The topological polar surface area (TPSA) is 229 Å². The molecule has 0 saturated carbocycles. The molecule has 0 aromatic heterocycles. The summed E-state index contributed by atoms with van der Waals surface area (Å²) in [7, 11) is -17.7. The van der Waals surface area contributed by atoms with Crippen LogP contribution < -0.4 is 0 Å². The Kier molecular flexibility index (Phi) is 62.6. The van der Waals surface area contributed by atoms with Gasteiger partial charge in [-0.3, -0.25) is 0 Å². The van der Waals surface area contributed by atoms with Crippen LogP contribution in [0.2, 0.25) is 0 Å². The van der Waals surface area contributed by atoms with E-state index in [0.29, 0.717) is 0 Å². The van der Waals surface area contributed by atoms with Crippen molar-refractivity contribution in [2.24, 2.45) is 0 Å². The van der Waals surface area contributed by atoms with E-state index in [2.05, 4.69) is 104 Å². The van der Waals surface area contributed by atoms with Gasteiger partial charge >= 0.3 is 0 Å². The van der Waals surface area contributed by atoms with E-state index in [0.717, 1.165) is 120 Å². The van der Waals surface area contributed by atoms with E-state index >= 15 is 0 Å². The Hall–Kier alpha value is -4.64. The SMILES string of the molecule is CCCCCCCCCc1cc(CCCCCCCCC)c2cc(S(=O)(=O)[O-])ccc2c1.CCCCCCCCCc1cc(CCCCCCCCC)c2cc(S(=O)(=O)[O-])ccc2c1.CCCCCCCCCc1cc(CCCCCCCCC)c2cc(S(=O)(=O)[O-])ccc2c1.CCCCCCCCCc1cc(CCCCCCCCC)c2cc(S(=O)(=O)[O-])ccc2c1.[Pb]. The maximum absolute atomic E-state index is 11.6. The Labute approximate surface area is 807 Å². The van der Waals surface area contributed by atoms with Gasteiger partial charge in [0.15, 0.2) is 0 Å². The van der Waals surface area contributed by atoms with Gasteiger partial charge < -0.3 is 18.2 Å². The molecule has 0 aliphatic carbocycles. The van der Waals surface area contributed by atoms with Crippen molar-refractivity contribution >= 4 is 111 Å². The van der Waals surface area contributed by atoms with E-state index in [4.69, 9.17) is 0 Å². The summed E-state index contributed by atoms with van der Waals surface area (Å²) in [6, 6.07) is 37.2. The maximum Gasteiger partial charge on any atom is 0.124 e. The van der Waals surface area contributed by atoms with E-state index in [-0.39, 0.29) is 46.9 Å². The monoisotopic (exact) mass is 2050 g/mol. The predicted molar refractivity (Wildman–Crippen MR) is 547 cm³/mol. The van der Waals surface area contributed by atoms with E-state index < -0.39 is 40.5 Å². The molecule has 8 rings (SSSR count). The molecular formula is C112H172O12PbS4-4. The first-order valence-corrected chi connectivity index (χ1v) is 57.5. The van der Waals surface area contributed by atoms with Crippen LogP contribution in [0.1, 0.15) is 459 Å². The minimum Gasteiger partial charge on any atom is -0.744 e. The molecule has 0 fully saturated rings. The molecule has 0 aliphatic rings. The fraction of sp³-hybridized carbons (Fsp3) is 0.643. The molecule has 17 heteroatoms. The first-order chi connectivity index (χ1) is 61.8. The molecule has 0 amide bonds. The average molecular weight is 2050 g/mol. The van der Waals surface area contributed by atoms with Gasteiger partial charge in [0.2, 0.25) is 0 Å². The number of aryl methyl sites for hydroxylation is 8. The second-order valence-corrected chi connectivity index (χ2v) is 42.9. The van der Waals surface area contributed by atoms with Crippen molar-refractivity contribution in [2.75, 3.05) is 0 Å². The van der Waals surface area contributed by atoms with Crippen molar-refractivity contribution in [1.29, 1.82) is 0 Å². The zero-order chi connectivity index (χ0) is 92.9. The van der Waals surface area contributed by atoms with Crippen LogP contribution >= 0.6 is 0 Å². The van der Waals surface area contributed by atoms with Gasteiger partial charge in [-0.15, -0.1) is 0 Å². The van der Waals surface area contributed by atoms with Gasteiger partial charge in [0, 0.05) is 27.3 Å². The van der Waals surface area contributed by atoms with Crippen molar-refractivity contribution in [3.8, 4) is 0 Å². The van der Waals surface area contributed by atoms with Crippen molar-refractivity contribution in [3.05, 3.63) is 166 Å². The predicted octanol–water partition coefficient (Wildman–Crippen LogP) is 32.9. The molecule has 0 atom stereocenters. The number of unbranched alkanes of at least 4 members (excludes halogenated alkanes) is 48. The molecule has 8 aromatic carbocycles. The number of hydrogen-bond acceptors (Lipinski definition) is 12. The molecule has 0 bridgehead atoms. The van der Waals surface area contributed by atoms with Gasteiger partial charge in [0.25, 0.3) is 0 Å². The summed E-state index contributed by atoms with van der Waals surface area (Å²) in [4.78, 5) is -0.479. The van der Waals surface area contributed by atoms with Crippen LogP contribution in [0.15, 0.2) is 141 Å². The molecular weight excluding hydrogens is 1870 g/mol. The third-order valence-electron chi connectivity index (χ3n) is 25.9. The van der Waals surface area contributed by atoms with Gasteiger partial charge in [-0.05, 0) is 239 Å². The number of hydrogen-bond donors (Lipinski definition) is 0. The second-order valence-electron chi connectivity index (χ2n) is 37.3. The zero-order valence-electron chi connectivity index (χ0n) is 81.8. The third kappa shape index (κ3) is 49.6. The van der Waals surface area contributed by atoms with E-state index in [1.54, 1.807) is 24.3 Å². The summed E-state index contributed by atoms with van der Waals surface area (Å²) in [5, 5.41) is 7.91. The van der Waals surface area contributed by atoms with Gasteiger partial charge in [0.1, 0.15) is 40.5 Å². The van der Waals surface area contributed by atoms with Crippen molar-refractivity contribution in [3.63, 3.8) is 0 Å². The number of rotatable bonds is 68. The fourth-order valence-corrected chi connectivity index (χ4v) is 20.2. The summed E-state index contributed by atoms with van der Waals surface area (Å²) in [6.07, 6.45) is 79.4. The van der Waals surface area contributed by atoms with Crippen LogP contribution in [-0.2, 0) is 91.8 Å². The van der Waals surface area contributed by atoms with Crippen LogP contribution in [0.3, 0.4) is 0 Å². The van der Waals surface area contributed by atoms with Gasteiger partial charge in [0.05, 0.1) is 19.6 Å². The van der Waals surface area contributed by atoms with E-state index in [1.807, 2.05) is 24.3 Å². The Bertz CT molecular complexity index is 4220. The summed E-state index contributed by atoms with van der Waals surface area (Å²) >= 11 is 0. The van der Waals surface area contributed by atoms with Gasteiger partial charge in [-0.2, -0.15) is 0 Å². The number of benzene rings is 8. The Balaban J connectivity index is 0.000000359. The zero-order valence-corrected chi connectivity index (χ0v) is 89.0. The standard InChI is InChI=1S/4C28H44O3S.Pb/c4*1-3-5-7-9-11-13-15-17-24-21-25(18-16-14-12-10-8-6-4-2)28-23-27(32(29,30)31)20-19-26(28)22-24;/h4*19-23H,3-18H2,1-2H3,(H,29,30,31);/p-4. The Morgan fingerprint density at radius 2 is 0.302 bits per heavy atom. The largest absolute Gasteiger partial charge is 0.744 e. The minimum absolute atomic E-state index is 0. The van der Waals surface area contributed by atoms with E-state index in [9.17, 15) is 51.9 Å². The Morgan fingerprint density at radius 1 is 0.171 bits per heavy atom. The summed E-state index contributed by atoms with van der Waals surface area (Å²) in [5.74, 6) is 0. The molecule has 0 unspecified atom stereocenters. The van der Waals surface area contributed by atoms with Crippen molar-refractivity contribution < 1.29 is 51.9 Å². The molecule has 0 heterocycles. The summed E-state index contributed by atoms with van der Waals surface area (Å²) in [6.45, 7) is 17.9. The first kappa shape index (κ1) is 117. The minimum atomic E-state index is -4.44. The van der Waals surface area contributed by atoms with Crippen LogP contribution in [0.5, 0.6) is 0 Å². The molecule has 129 heavy (non-hydrogen) atoms. The molecule has 0 saturated heterocycles. The summed E-state index contributed by atoms with van der Waals surface area (Å²) in [5.41, 5.74) is 10.1. The van der Waals surface area contributed by atoms with Crippen molar-refractivity contribution in [1.82, 2.24) is 0 Å². The first-order valence-electron chi connectivity index (χ1n) is 51.9. The van der Waals surface area contributed by atoms with Crippen LogP contribution in [0, 0.1) is 0 Å². The van der Waals surface area contributed by atoms with E-state index in [1.165, 1.54) is 403 Å². The molecule has 12 nitrogen and oxygen atoms in total. The van der Waals surface area contributed by atoms with Gasteiger partial charge in [-0.25, -0.2) is 33.7 Å². The quantitative estimate of drug-likeness (QED) is 0.0197. The average Bonchev–Trinajstić information content (AvgIpc) is 0.806. The molecule has 724 valence electrons. The van der Waals surface area contributed by atoms with Crippen LogP contribution in [-0.4, -0.2) is 79.2 Å². The summed E-state index contributed by atoms with van der Waals surface area (Å²) < 4.78 is 139. The Morgan fingerprint density at radius 3 is 0.442 bits per heavy atom. The third-order valence-corrected chi connectivity index (χ3v) is 29.2. The fourth-order valence-electron chi connectivity index (χ4n) is 18.2. The second kappa shape index (κ2) is 69.2. The molecule has 4 radical (unpaired) electrons. The van der Waals surface area contributed by atoms with Crippen LogP contribution in [0.25, 0.3) is 43.1 Å². The number of fused-ring (bicyclic) bond motifs is 4. The normalized spacial score (nSPS) is 11.9. The van der Waals surface area contributed by atoms with Gasteiger partial charge in [-0.1, -0.05) is 436 Å².